The molecule has 0 unspecified atom stereocenters. The molecular formula is C9H21NO. The number of hydrogen-bond acceptors (Lipinski definition) is 2. The number of rotatable bonds is 1. The zero-order chi connectivity index (χ0) is 8.73. The molecule has 0 aliphatic carbocycles. The first-order valence-electron chi connectivity index (χ1n) is 3.18. The van der Waals surface area contributed by atoms with Crippen LogP contribution in [-0.2, 0) is 4.79 Å². The van der Waals surface area contributed by atoms with Gasteiger partial charge in [0.05, 0.1) is 0 Å². The minimum Gasteiger partial charge on any atom is -0.382 e. The van der Waals surface area contributed by atoms with Crippen LogP contribution in [0.3, 0.4) is 0 Å². The molecule has 0 spiro atoms. The molecule has 0 rings (SSSR count). The van der Waals surface area contributed by atoms with Gasteiger partial charge < -0.3 is 9.69 Å². The average Bonchev–Trinajstić information content (AvgIpc) is 1.63. The molecule has 0 aliphatic heterocycles. The predicted molar refractivity (Wildman–Crippen MR) is 51.6 cm³/mol. The van der Waals surface area contributed by atoms with Crippen molar-refractivity contribution in [2.45, 2.75) is 28.2 Å². The van der Waals surface area contributed by atoms with Gasteiger partial charge in [-0.2, -0.15) is 0 Å². The monoisotopic (exact) mass is 159 g/mol. The van der Waals surface area contributed by atoms with E-state index in [2.05, 4.69) is 6.58 Å². The topological polar surface area (TPSA) is 20.3 Å². The summed E-state index contributed by atoms with van der Waals surface area (Å²) in [7, 11) is 3.95. The average molecular weight is 159 g/mol. The first-order chi connectivity index (χ1) is 4.37. The van der Waals surface area contributed by atoms with E-state index in [0.29, 0.717) is 0 Å². The third-order valence-electron chi connectivity index (χ3n) is 0.763. The van der Waals surface area contributed by atoms with Crippen molar-refractivity contribution in [2.24, 2.45) is 0 Å². The lowest BCUT2D eigenvalue weighted by atomic mass is 10.5. The van der Waals surface area contributed by atoms with E-state index in [-0.39, 0.29) is 13.2 Å². The van der Waals surface area contributed by atoms with Crippen LogP contribution in [-0.4, -0.2) is 24.8 Å². The maximum absolute atomic E-state index is 9.44. The maximum atomic E-state index is 9.44. The Morgan fingerprint density at radius 3 is 1.27 bits per heavy atom. The van der Waals surface area contributed by atoms with Gasteiger partial charge in [-0.05, 0) is 20.8 Å². The van der Waals surface area contributed by atoms with Gasteiger partial charge in [-0.25, -0.2) is 0 Å². The van der Waals surface area contributed by atoms with E-state index < -0.39 is 0 Å². The Kier molecular flexibility index (Phi) is 13.9. The Morgan fingerprint density at radius 2 is 1.27 bits per heavy atom. The van der Waals surface area contributed by atoms with Crippen LogP contribution in [0.2, 0.25) is 0 Å². The highest BCUT2D eigenvalue weighted by molar-refractivity contribution is 5.72. The van der Waals surface area contributed by atoms with E-state index in [0.717, 1.165) is 5.70 Å². The highest BCUT2D eigenvalue weighted by Crippen LogP contribution is 1.86. The van der Waals surface area contributed by atoms with Gasteiger partial charge in [0.15, 0.2) is 0 Å². The Hall–Kier alpha value is -0.790. The number of ketones is 1. The maximum Gasteiger partial charge on any atom is 0.126 e. The third-order valence-corrected chi connectivity index (χ3v) is 0.763. The van der Waals surface area contributed by atoms with Crippen LogP contribution in [0.25, 0.3) is 0 Å². The zero-order valence-corrected chi connectivity index (χ0v) is 7.56. The fourth-order valence-electron chi connectivity index (χ4n) is 0. The number of allylic oxidation sites excluding steroid dienone is 1. The Bertz CT molecular complexity index is 113. The van der Waals surface area contributed by atoms with Gasteiger partial charge >= 0.3 is 0 Å². The van der Waals surface area contributed by atoms with Crippen molar-refractivity contribution in [3.05, 3.63) is 12.3 Å². The summed E-state index contributed by atoms with van der Waals surface area (Å²) in [5, 5.41) is 0. The molecule has 2 heteroatoms. The first kappa shape index (κ1) is 16.7. The molecule has 11 heavy (non-hydrogen) atoms. The van der Waals surface area contributed by atoms with Gasteiger partial charge in [0.1, 0.15) is 5.78 Å². The van der Waals surface area contributed by atoms with Gasteiger partial charge in [0.25, 0.3) is 0 Å². The van der Waals surface area contributed by atoms with Gasteiger partial charge in [-0.3, -0.25) is 0 Å². The Balaban J connectivity index is -0.000000114. The fourth-order valence-corrected chi connectivity index (χ4v) is 0. The molecule has 0 atom stereocenters. The van der Waals surface area contributed by atoms with E-state index in [1.807, 2.05) is 25.9 Å². The van der Waals surface area contributed by atoms with Crippen LogP contribution in [0.1, 0.15) is 28.2 Å². The number of nitrogens with zero attached hydrogens (tertiary/aromatic N) is 1. The van der Waals surface area contributed by atoms with Crippen LogP contribution in [0, 0.1) is 0 Å². The minimum absolute atomic E-state index is 0. The van der Waals surface area contributed by atoms with Crippen molar-refractivity contribution >= 4 is 5.78 Å². The van der Waals surface area contributed by atoms with Crippen LogP contribution in [0.5, 0.6) is 0 Å². The van der Waals surface area contributed by atoms with Gasteiger partial charge in [-0.15, -0.1) is 0 Å². The van der Waals surface area contributed by atoms with E-state index in [1.54, 1.807) is 0 Å². The van der Waals surface area contributed by atoms with Crippen molar-refractivity contribution in [3.8, 4) is 0 Å². The lowest BCUT2D eigenvalue weighted by molar-refractivity contribution is -0.114. The molecule has 0 aromatic rings. The molecule has 0 amide bonds. The Labute approximate surface area is 70.9 Å². The van der Waals surface area contributed by atoms with Crippen LogP contribution in [0.4, 0.5) is 0 Å². The summed E-state index contributed by atoms with van der Waals surface area (Å²) in [5.74, 6) is 0.167. The Morgan fingerprint density at radius 1 is 1.18 bits per heavy atom. The third kappa shape index (κ3) is 46.5. The molecule has 0 fully saturated rings. The second kappa shape index (κ2) is 9.21. The quantitative estimate of drug-likeness (QED) is 0.585. The summed E-state index contributed by atoms with van der Waals surface area (Å²) >= 11 is 0. The summed E-state index contributed by atoms with van der Waals surface area (Å²) in [6.07, 6.45) is 0. The molecule has 0 heterocycles. The van der Waals surface area contributed by atoms with E-state index >= 15 is 0 Å². The van der Waals surface area contributed by atoms with Crippen molar-refractivity contribution in [1.29, 1.82) is 0 Å². The normalized spacial score (nSPS) is 6.64. The van der Waals surface area contributed by atoms with Crippen molar-refractivity contribution in [3.63, 3.8) is 0 Å². The van der Waals surface area contributed by atoms with Crippen molar-refractivity contribution in [1.82, 2.24) is 4.90 Å². The van der Waals surface area contributed by atoms with Gasteiger partial charge in [0, 0.05) is 19.8 Å². The van der Waals surface area contributed by atoms with Crippen LogP contribution in [0.15, 0.2) is 12.3 Å². The van der Waals surface area contributed by atoms with Crippen molar-refractivity contribution < 1.29 is 4.79 Å². The molecule has 0 aromatic carbocycles. The highest BCUT2D eigenvalue weighted by atomic mass is 16.1. The SMILES string of the molecule is C.C=C(C)N(C)C.CC(C)=O. The fraction of sp³-hybridized carbons (Fsp3) is 0.667. The second-order valence-corrected chi connectivity index (χ2v) is 2.54. The summed E-state index contributed by atoms with van der Waals surface area (Å²) in [5.41, 5.74) is 1.09. The molecule has 0 aromatic heterocycles. The summed E-state index contributed by atoms with van der Waals surface area (Å²) in [4.78, 5) is 11.4. The molecule has 0 saturated heterocycles. The van der Waals surface area contributed by atoms with Gasteiger partial charge in [-0.1, -0.05) is 14.0 Å². The number of carbonyl (C=O) groups excluding carboxylic acids is 1. The van der Waals surface area contributed by atoms with Crippen LogP contribution >= 0.6 is 0 Å². The molecule has 68 valence electrons. The predicted octanol–water partition coefficient (Wildman–Crippen LogP) is 2.31. The standard InChI is InChI=1S/C5H11N.C3H6O.CH4/c1-5(2)6(3)4;1-3(2)4;/h1H2,2-4H3;1-2H3;1H4. The molecule has 0 bridgehead atoms. The van der Waals surface area contributed by atoms with E-state index in [1.165, 1.54) is 13.8 Å². The number of Topliss-reactive ketones (excluding diaryl/α,β-unsaturated/α-hetero) is 1. The second-order valence-electron chi connectivity index (χ2n) is 2.54. The number of hydrogen-bond donors (Lipinski definition) is 0. The van der Waals surface area contributed by atoms with Crippen molar-refractivity contribution in [2.75, 3.05) is 14.1 Å². The van der Waals surface area contributed by atoms with E-state index in [4.69, 9.17) is 0 Å². The smallest absolute Gasteiger partial charge is 0.126 e. The summed E-state index contributed by atoms with van der Waals surface area (Å²) < 4.78 is 0. The summed E-state index contributed by atoms with van der Waals surface area (Å²) in [6, 6.07) is 0. The molecule has 2 nitrogen and oxygen atoms in total. The molecule has 0 aliphatic rings. The lowest BCUT2D eigenvalue weighted by Gasteiger charge is -2.08. The molecular weight excluding hydrogens is 138 g/mol. The summed E-state index contributed by atoms with van der Waals surface area (Å²) in [6.45, 7) is 8.71. The minimum atomic E-state index is 0. The highest BCUT2D eigenvalue weighted by Gasteiger charge is 1.79. The molecule has 0 saturated carbocycles. The largest absolute Gasteiger partial charge is 0.382 e. The van der Waals surface area contributed by atoms with E-state index in [9.17, 15) is 4.79 Å². The van der Waals surface area contributed by atoms with Gasteiger partial charge in [0.2, 0.25) is 0 Å². The lowest BCUT2D eigenvalue weighted by Crippen LogP contribution is -2.05. The van der Waals surface area contributed by atoms with Crippen LogP contribution < -0.4 is 0 Å². The zero-order valence-electron chi connectivity index (χ0n) is 7.56. The first-order valence-corrected chi connectivity index (χ1v) is 3.18. The molecule has 0 radical (unpaired) electrons. The molecule has 0 N–H and O–H groups in total. The number of carbonyl (C=O) groups is 1.